The highest BCUT2D eigenvalue weighted by atomic mass is 15.0. The summed E-state index contributed by atoms with van der Waals surface area (Å²) in [6, 6.07) is 14.5. The van der Waals surface area contributed by atoms with Gasteiger partial charge in [0.2, 0.25) is 0 Å². The molecule has 0 saturated carbocycles. The summed E-state index contributed by atoms with van der Waals surface area (Å²) in [6.45, 7) is 0. The van der Waals surface area contributed by atoms with Crippen molar-refractivity contribution in [3.63, 3.8) is 0 Å². The molecule has 0 fully saturated rings. The zero-order valence-electron chi connectivity index (χ0n) is 9.59. The maximum absolute atomic E-state index is 4.31. The van der Waals surface area contributed by atoms with E-state index in [9.17, 15) is 0 Å². The van der Waals surface area contributed by atoms with Gasteiger partial charge in [0.1, 0.15) is 0 Å². The lowest BCUT2D eigenvalue weighted by Gasteiger charge is -2.08. The Bertz CT molecular complexity index is 454. The van der Waals surface area contributed by atoms with Crippen LogP contribution in [0.25, 0.3) is 11.1 Å². The SMILES string of the molecule is CN(C)[B]c1cc(-c2ccccc2)ccn1. The molecule has 0 aliphatic carbocycles. The van der Waals surface area contributed by atoms with E-state index < -0.39 is 0 Å². The molecule has 79 valence electrons. The first kappa shape index (κ1) is 10.9. The standard InChI is InChI=1S/C13H14BN2/c1-16(2)14-13-10-12(8-9-15-13)11-6-4-3-5-7-11/h3-10H,1-2H3. The zero-order chi connectivity index (χ0) is 11.4. The molecule has 16 heavy (non-hydrogen) atoms. The van der Waals surface area contributed by atoms with Gasteiger partial charge in [-0.15, -0.1) is 0 Å². The van der Waals surface area contributed by atoms with Crippen molar-refractivity contribution in [2.24, 2.45) is 0 Å². The van der Waals surface area contributed by atoms with Crippen LogP contribution < -0.4 is 5.59 Å². The highest BCUT2D eigenvalue weighted by Gasteiger charge is 2.02. The van der Waals surface area contributed by atoms with Gasteiger partial charge in [0, 0.05) is 11.8 Å². The molecule has 0 bridgehead atoms. The fraction of sp³-hybridized carbons (Fsp3) is 0.154. The van der Waals surface area contributed by atoms with E-state index in [1.807, 2.05) is 56.8 Å². The fourth-order valence-electron chi connectivity index (χ4n) is 1.59. The molecule has 3 heteroatoms. The van der Waals surface area contributed by atoms with Gasteiger partial charge >= 0.3 is 0 Å². The first-order valence-corrected chi connectivity index (χ1v) is 5.28. The van der Waals surface area contributed by atoms with Gasteiger partial charge in [-0.25, -0.2) is 0 Å². The van der Waals surface area contributed by atoms with E-state index in [0.717, 1.165) is 5.59 Å². The molecular formula is C13H14BN2. The van der Waals surface area contributed by atoms with Crippen molar-refractivity contribution in [3.05, 3.63) is 48.7 Å². The molecule has 1 aromatic carbocycles. The molecule has 0 aliphatic rings. The normalized spacial score (nSPS) is 10.4. The quantitative estimate of drug-likeness (QED) is 0.713. The third-order valence-electron chi connectivity index (χ3n) is 2.28. The average molecular weight is 209 g/mol. The van der Waals surface area contributed by atoms with E-state index in [2.05, 4.69) is 23.2 Å². The molecule has 1 aromatic heterocycles. The first-order valence-electron chi connectivity index (χ1n) is 5.28. The van der Waals surface area contributed by atoms with Crippen molar-refractivity contribution in [2.45, 2.75) is 0 Å². The Labute approximate surface area is 97.2 Å². The van der Waals surface area contributed by atoms with Crippen molar-refractivity contribution in [1.29, 1.82) is 0 Å². The predicted octanol–water partition coefficient (Wildman–Crippen LogP) is 1.55. The van der Waals surface area contributed by atoms with Crippen LogP contribution in [0.4, 0.5) is 0 Å². The van der Waals surface area contributed by atoms with E-state index in [-0.39, 0.29) is 0 Å². The maximum Gasteiger partial charge on any atom is 0.272 e. The summed E-state index contributed by atoms with van der Waals surface area (Å²) in [7, 11) is 6.00. The molecule has 0 saturated heterocycles. The summed E-state index contributed by atoms with van der Waals surface area (Å²) in [5.74, 6) is 0. The monoisotopic (exact) mass is 209 g/mol. The number of hydrogen-bond donors (Lipinski definition) is 0. The Balaban J connectivity index is 2.29. The topological polar surface area (TPSA) is 16.1 Å². The lowest BCUT2D eigenvalue weighted by molar-refractivity contribution is 0.668. The third-order valence-corrected chi connectivity index (χ3v) is 2.28. The van der Waals surface area contributed by atoms with Crippen LogP contribution in [0, 0.1) is 0 Å². The largest absolute Gasteiger partial charge is 0.346 e. The molecule has 0 aliphatic heterocycles. The van der Waals surface area contributed by atoms with E-state index in [1.165, 1.54) is 11.1 Å². The molecule has 2 rings (SSSR count). The molecule has 0 N–H and O–H groups in total. The molecular weight excluding hydrogens is 195 g/mol. The van der Waals surface area contributed by atoms with E-state index in [1.54, 1.807) is 0 Å². The summed E-state index contributed by atoms with van der Waals surface area (Å²) in [5, 5.41) is 0. The van der Waals surface area contributed by atoms with Gasteiger partial charge in [0.15, 0.2) is 0 Å². The minimum atomic E-state index is 0.978. The number of aromatic nitrogens is 1. The highest BCUT2D eigenvalue weighted by molar-refractivity contribution is 6.49. The summed E-state index contributed by atoms with van der Waals surface area (Å²) < 4.78 is 0. The number of rotatable bonds is 3. The number of pyridine rings is 1. The second kappa shape index (κ2) is 4.95. The van der Waals surface area contributed by atoms with Gasteiger partial charge in [-0.2, -0.15) is 0 Å². The van der Waals surface area contributed by atoms with Gasteiger partial charge in [-0.1, -0.05) is 30.3 Å². The molecule has 2 aromatic rings. The van der Waals surface area contributed by atoms with E-state index >= 15 is 0 Å². The Kier molecular flexibility index (Phi) is 3.37. The Morgan fingerprint density at radius 1 is 1.00 bits per heavy atom. The van der Waals surface area contributed by atoms with Crippen LogP contribution in [0.1, 0.15) is 0 Å². The second-order valence-electron chi connectivity index (χ2n) is 3.93. The van der Waals surface area contributed by atoms with Crippen LogP contribution in [0.15, 0.2) is 48.7 Å². The summed E-state index contributed by atoms with van der Waals surface area (Å²) in [5.41, 5.74) is 3.40. The second-order valence-corrected chi connectivity index (χ2v) is 3.93. The summed E-state index contributed by atoms with van der Waals surface area (Å²) in [6.07, 6.45) is 1.84. The number of benzene rings is 1. The molecule has 0 amide bonds. The minimum Gasteiger partial charge on any atom is -0.346 e. The fourth-order valence-corrected chi connectivity index (χ4v) is 1.59. The molecule has 0 unspecified atom stereocenters. The van der Waals surface area contributed by atoms with Gasteiger partial charge in [0.25, 0.3) is 7.41 Å². The lowest BCUT2D eigenvalue weighted by Crippen LogP contribution is -2.31. The van der Waals surface area contributed by atoms with Crippen LogP contribution in [0.2, 0.25) is 0 Å². The molecule has 1 heterocycles. The Morgan fingerprint density at radius 2 is 1.75 bits per heavy atom. The van der Waals surface area contributed by atoms with Gasteiger partial charge in [-0.3, -0.25) is 4.98 Å². The van der Waals surface area contributed by atoms with Crippen molar-refractivity contribution in [3.8, 4) is 11.1 Å². The summed E-state index contributed by atoms with van der Waals surface area (Å²) >= 11 is 0. The lowest BCUT2D eigenvalue weighted by atomic mass is 9.85. The molecule has 2 nitrogen and oxygen atoms in total. The van der Waals surface area contributed by atoms with Crippen molar-refractivity contribution in [1.82, 2.24) is 9.79 Å². The predicted molar refractivity (Wildman–Crippen MR) is 68.7 cm³/mol. The highest BCUT2D eigenvalue weighted by Crippen LogP contribution is 2.16. The van der Waals surface area contributed by atoms with Gasteiger partial charge in [-0.05, 0) is 37.4 Å². The molecule has 0 atom stereocenters. The smallest absolute Gasteiger partial charge is 0.272 e. The van der Waals surface area contributed by atoms with Gasteiger partial charge in [0.05, 0.1) is 0 Å². The Hall–Kier alpha value is -1.61. The van der Waals surface area contributed by atoms with Crippen molar-refractivity contribution < 1.29 is 0 Å². The van der Waals surface area contributed by atoms with Crippen LogP contribution in [0.5, 0.6) is 0 Å². The van der Waals surface area contributed by atoms with Crippen molar-refractivity contribution in [2.75, 3.05) is 14.1 Å². The van der Waals surface area contributed by atoms with Crippen LogP contribution in [0.3, 0.4) is 0 Å². The van der Waals surface area contributed by atoms with Crippen LogP contribution in [-0.4, -0.2) is 31.3 Å². The maximum atomic E-state index is 4.31. The number of hydrogen-bond acceptors (Lipinski definition) is 2. The Morgan fingerprint density at radius 3 is 2.44 bits per heavy atom. The van der Waals surface area contributed by atoms with Gasteiger partial charge < -0.3 is 4.81 Å². The third kappa shape index (κ3) is 2.70. The molecule has 0 spiro atoms. The average Bonchev–Trinajstić information content (AvgIpc) is 2.30. The van der Waals surface area contributed by atoms with Crippen LogP contribution >= 0.6 is 0 Å². The van der Waals surface area contributed by atoms with Crippen LogP contribution in [-0.2, 0) is 0 Å². The van der Waals surface area contributed by atoms with Crippen molar-refractivity contribution >= 4 is 13.0 Å². The minimum absolute atomic E-state index is 0.978. The number of nitrogens with zero attached hydrogens (tertiary/aromatic N) is 2. The zero-order valence-corrected chi connectivity index (χ0v) is 9.59. The first-order chi connectivity index (χ1) is 7.75. The van der Waals surface area contributed by atoms with E-state index in [4.69, 9.17) is 0 Å². The summed E-state index contributed by atoms with van der Waals surface area (Å²) in [4.78, 5) is 6.30. The van der Waals surface area contributed by atoms with E-state index in [0.29, 0.717) is 0 Å². The molecule has 1 radical (unpaired) electrons.